The summed E-state index contributed by atoms with van der Waals surface area (Å²) in [5.74, 6) is 1.15. The first-order valence-corrected chi connectivity index (χ1v) is 10.6. The van der Waals surface area contributed by atoms with Crippen molar-refractivity contribution in [3.63, 3.8) is 0 Å². The van der Waals surface area contributed by atoms with E-state index in [9.17, 15) is 8.42 Å². The summed E-state index contributed by atoms with van der Waals surface area (Å²) in [6.45, 7) is 3.23. The smallest absolute Gasteiger partial charge is 0.251 e. The minimum absolute atomic E-state index is 0.231. The Morgan fingerprint density at radius 1 is 1.03 bits per heavy atom. The van der Waals surface area contributed by atoms with Gasteiger partial charge in [0.15, 0.2) is 0 Å². The molecule has 1 fully saturated rings. The van der Waals surface area contributed by atoms with Crippen molar-refractivity contribution in [3.8, 4) is 28.7 Å². The standard InChI is InChI=1S/C20H21N3O5S/c1-14-7-8-15(13-18(14)29(24,25)23-9-11-27-12-10-23)19-21-22-20(28-19)16-5-3-4-6-17(16)26-2/h3-8,13H,9-12H2,1-2H3. The number of aryl methyl sites for hydroxylation is 1. The van der Waals surface area contributed by atoms with Crippen LogP contribution in [0.1, 0.15) is 5.56 Å². The molecule has 8 nitrogen and oxygen atoms in total. The molecule has 0 atom stereocenters. The van der Waals surface area contributed by atoms with Crippen LogP contribution < -0.4 is 4.74 Å². The molecule has 0 N–H and O–H groups in total. The summed E-state index contributed by atoms with van der Waals surface area (Å²) in [6.07, 6.45) is 0. The number of ether oxygens (including phenoxy) is 2. The number of aromatic nitrogens is 2. The SMILES string of the molecule is COc1ccccc1-c1nnc(-c2ccc(C)c(S(=O)(=O)N3CCOCC3)c2)o1. The molecule has 4 rings (SSSR count). The molecule has 0 saturated carbocycles. The lowest BCUT2D eigenvalue weighted by molar-refractivity contribution is 0.0730. The molecule has 1 aromatic heterocycles. The van der Waals surface area contributed by atoms with E-state index in [2.05, 4.69) is 10.2 Å². The molecule has 0 amide bonds. The number of benzene rings is 2. The molecule has 2 aromatic carbocycles. The summed E-state index contributed by atoms with van der Waals surface area (Å²) in [6, 6.07) is 12.4. The minimum atomic E-state index is -3.64. The normalized spacial score (nSPS) is 15.4. The third-order valence-electron chi connectivity index (χ3n) is 4.79. The van der Waals surface area contributed by atoms with E-state index in [1.807, 2.05) is 18.2 Å². The molecule has 2 heterocycles. The second-order valence-corrected chi connectivity index (χ2v) is 8.52. The van der Waals surface area contributed by atoms with Gasteiger partial charge in [0.1, 0.15) is 5.75 Å². The van der Waals surface area contributed by atoms with Crippen molar-refractivity contribution in [2.75, 3.05) is 33.4 Å². The highest BCUT2D eigenvalue weighted by atomic mass is 32.2. The molecule has 0 bridgehead atoms. The highest BCUT2D eigenvalue weighted by molar-refractivity contribution is 7.89. The van der Waals surface area contributed by atoms with Crippen molar-refractivity contribution >= 4 is 10.0 Å². The van der Waals surface area contributed by atoms with Crippen LogP contribution in [0, 0.1) is 6.92 Å². The van der Waals surface area contributed by atoms with Crippen molar-refractivity contribution in [1.82, 2.24) is 14.5 Å². The lowest BCUT2D eigenvalue weighted by atomic mass is 10.1. The number of rotatable bonds is 5. The van der Waals surface area contributed by atoms with Crippen LogP contribution >= 0.6 is 0 Å². The Balaban J connectivity index is 1.71. The molecule has 0 radical (unpaired) electrons. The van der Waals surface area contributed by atoms with Gasteiger partial charge in [-0.1, -0.05) is 18.2 Å². The lowest BCUT2D eigenvalue weighted by Gasteiger charge is -2.26. The molecular weight excluding hydrogens is 394 g/mol. The maximum atomic E-state index is 13.1. The van der Waals surface area contributed by atoms with Crippen LogP contribution in [0.25, 0.3) is 22.9 Å². The Kier molecular flexibility index (Phi) is 5.35. The third-order valence-corrected chi connectivity index (χ3v) is 6.83. The number of para-hydroxylation sites is 1. The first kappa shape index (κ1) is 19.6. The molecule has 152 valence electrons. The van der Waals surface area contributed by atoms with Gasteiger partial charge in [-0.05, 0) is 36.8 Å². The fourth-order valence-corrected chi connectivity index (χ4v) is 4.87. The van der Waals surface area contributed by atoms with E-state index in [1.54, 1.807) is 38.3 Å². The number of methoxy groups -OCH3 is 1. The average Bonchev–Trinajstić information content (AvgIpc) is 3.24. The first-order valence-electron chi connectivity index (χ1n) is 9.16. The Morgan fingerprint density at radius 3 is 2.52 bits per heavy atom. The van der Waals surface area contributed by atoms with E-state index in [0.717, 1.165) is 0 Å². The van der Waals surface area contributed by atoms with E-state index in [4.69, 9.17) is 13.9 Å². The first-order chi connectivity index (χ1) is 14.0. The predicted molar refractivity (Wildman–Crippen MR) is 106 cm³/mol. The van der Waals surface area contributed by atoms with E-state index in [-0.39, 0.29) is 10.8 Å². The summed E-state index contributed by atoms with van der Waals surface area (Å²) in [4.78, 5) is 0.231. The van der Waals surface area contributed by atoms with Crippen LogP contribution in [-0.2, 0) is 14.8 Å². The number of sulfonamides is 1. The molecule has 29 heavy (non-hydrogen) atoms. The zero-order valence-electron chi connectivity index (χ0n) is 16.2. The van der Waals surface area contributed by atoms with Crippen LogP contribution in [0.3, 0.4) is 0 Å². The van der Waals surface area contributed by atoms with E-state index in [0.29, 0.717) is 54.6 Å². The lowest BCUT2D eigenvalue weighted by Crippen LogP contribution is -2.40. The van der Waals surface area contributed by atoms with Crippen molar-refractivity contribution < 1.29 is 22.3 Å². The number of morpholine rings is 1. The van der Waals surface area contributed by atoms with Crippen LogP contribution in [-0.4, -0.2) is 56.3 Å². The Morgan fingerprint density at radius 2 is 1.76 bits per heavy atom. The largest absolute Gasteiger partial charge is 0.496 e. The van der Waals surface area contributed by atoms with Crippen LogP contribution in [0.5, 0.6) is 5.75 Å². The number of hydrogen-bond acceptors (Lipinski definition) is 7. The van der Waals surface area contributed by atoms with Gasteiger partial charge in [0.05, 0.1) is 30.8 Å². The maximum Gasteiger partial charge on any atom is 0.251 e. The molecule has 0 spiro atoms. The Hall–Kier alpha value is -2.75. The van der Waals surface area contributed by atoms with Crippen LogP contribution in [0.4, 0.5) is 0 Å². The summed E-state index contributed by atoms with van der Waals surface area (Å²) < 4.78 is 44.0. The molecular formula is C20H21N3O5S. The van der Waals surface area contributed by atoms with E-state index in [1.165, 1.54) is 4.31 Å². The maximum absolute atomic E-state index is 13.1. The zero-order valence-corrected chi connectivity index (χ0v) is 17.0. The number of hydrogen-bond donors (Lipinski definition) is 0. The topological polar surface area (TPSA) is 94.8 Å². The minimum Gasteiger partial charge on any atom is -0.496 e. The van der Waals surface area contributed by atoms with Gasteiger partial charge in [0.2, 0.25) is 15.9 Å². The fraction of sp³-hybridized carbons (Fsp3) is 0.300. The zero-order chi connectivity index (χ0) is 20.4. The third kappa shape index (κ3) is 3.76. The Bertz CT molecular complexity index is 1120. The van der Waals surface area contributed by atoms with Crippen molar-refractivity contribution in [1.29, 1.82) is 0 Å². The second kappa shape index (κ2) is 7.94. The summed E-state index contributed by atoms with van der Waals surface area (Å²) in [7, 11) is -2.07. The molecule has 1 aliphatic rings. The summed E-state index contributed by atoms with van der Waals surface area (Å²) >= 11 is 0. The van der Waals surface area contributed by atoms with Gasteiger partial charge in [0.25, 0.3) is 5.89 Å². The van der Waals surface area contributed by atoms with Crippen molar-refractivity contribution in [2.45, 2.75) is 11.8 Å². The van der Waals surface area contributed by atoms with Gasteiger partial charge in [-0.25, -0.2) is 8.42 Å². The van der Waals surface area contributed by atoms with Gasteiger partial charge in [-0.3, -0.25) is 0 Å². The molecule has 1 saturated heterocycles. The molecule has 1 aliphatic heterocycles. The second-order valence-electron chi connectivity index (χ2n) is 6.61. The van der Waals surface area contributed by atoms with Crippen LogP contribution in [0.15, 0.2) is 51.8 Å². The summed E-state index contributed by atoms with van der Waals surface area (Å²) in [5, 5.41) is 8.21. The number of nitrogens with zero attached hydrogens (tertiary/aromatic N) is 3. The highest BCUT2D eigenvalue weighted by Gasteiger charge is 2.28. The summed E-state index contributed by atoms with van der Waals surface area (Å²) in [5.41, 5.74) is 1.86. The van der Waals surface area contributed by atoms with Crippen LogP contribution in [0.2, 0.25) is 0 Å². The van der Waals surface area contributed by atoms with E-state index < -0.39 is 10.0 Å². The van der Waals surface area contributed by atoms with Gasteiger partial charge < -0.3 is 13.9 Å². The molecule has 0 unspecified atom stereocenters. The van der Waals surface area contributed by atoms with E-state index >= 15 is 0 Å². The van der Waals surface area contributed by atoms with Gasteiger partial charge in [0, 0.05) is 18.7 Å². The molecule has 9 heteroatoms. The predicted octanol–water partition coefficient (Wildman–Crippen LogP) is 2.74. The van der Waals surface area contributed by atoms with Crippen molar-refractivity contribution in [2.24, 2.45) is 0 Å². The molecule has 3 aromatic rings. The molecule has 0 aliphatic carbocycles. The Labute approximate surface area is 169 Å². The monoisotopic (exact) mass is 415 g/mol. The quantitative estimate of drug-likeness (QED) is 0.632. The van der Waals surface area contributed by atoms with Crippen molar-refractivity contribution in [3.05, 3.63) is 48.0 Å². The van der Waals surface area contributed by atoms with Gasteiger partial charge in [-0.15, -0.1) is 10.2 Å². The fourth-order valence-electron chi connectivity index (χ4n) is 3.21. The van der Waals surface area contributed by atoms with Gasteiger partial charge >= 0.3 is 0 Å². The average molecular weight is 415 g/mol. The highest BCUT2D eigenvalue weighted by Crippen LogP contribution is 2.32. The van der Waals surface area contributed by atoms with Gasteiger partial charge in [-0.2, -0.15) is 4.31 Å².